The highest BCUT2D eigenvalue weighted by Crippen LogP contribution is 2.66. The molecule has 0 unspecified atom stereocenters. The van der Waals surface area contributed by atoms with Crippen molar-refractivity contribution in [3.63, 3.8) is 0 Å². The lowest BCUT2D eigenvalue weighted by molar-refractivity contribution is 0.0805. The van der Waals surface area contributed by atoms with Crippen LogP contribution in [0.25, 0.3) is 11.1 Å². The first-order chi connectivity index (χ1) is 12.7. The van der Waals surface area contributed by atoms with Crippen LogP contribution in [0.2, 0.25) is 0 Å². The Labute approximate surface area is 154 Å². The Hall–Kier alpha value is -2.35. The number of likely N-dealkylation sites (N-methyl/N-ethyl adjacent to an activating group) is 1. The third kappa shape index (κ3) is 1.75. The number of benzene rings is 2. The molecule has 0 radical (unpaired) electrons. The molecule has 1 heterocycles. The number of amides is 1. The van der Waals surface area contributed by atoms with Crippen molar-refractivity contribution in [1.29, 1.82) is 0 Å². The molecule has 2 aromatic carbocycles. The van der Waals surface area contributed by atoms with E-state index in [9.17, 15) is 4.79 Å². The van der Waals surface area contributed by atoms with Crippen molar-refractivity contribution in [2.75, 3.05) is 13.6 Å². The van der Waals surface area contributed by atoms with Crippen LogP contribution in [0, 0.1) is 17.8 Å². The van der Waals surface area contributed by atoms with Gasteiger partial charge in [0, 0.05) is 19.2 Å². The molecule has 130 valence electrons. The van der Waals surface area contributed by atoms with Gasteiger partial charge < -0.3 is 4.90 Å². The van der Waals surface area contributed by atoms with Crippen LogP contribution in [-0.2, 0) is 0 Å². The highest BCUT2D eigenvalue weighted by Gasteiger charge is 2.54. The second kappa shape index (κ2) is 5.09. The standard InChI is InChI=1S/C24H23NO/c1-25-13-20(16-6-2-5-9-19(16)24(25)26)23-18-8-4-3-7-17(18)21-14-10-11-15(12-14)22(21)23/h2-9,14-15,21-22H,10-13H2,1H3/b23-20-/t14-,15+,21-,22-/m0/s1. The Bertz CT molecular complexity index is 972. The summed E-state index contributed by atoms with van der Waals surface area (Å²) in [6, 6.07) is 17.3. The van der Waals surface area contributed by atoms with Gasteiger partial charge in [0.05, 0.1) is 0 Å². The first-order valence-electron chi connectivity index (χ1n) is 9.91. The van der Waals surface area contributed by atoms with Gasteiger partial charge in [-0.2, -0.15) is 0 Å². The maximum atomic E-state index is 12.7. The van der Waals surface area contributed by atoms with E-state index in [0.717, 1.165) is 23.9 Å². The number of hydrogen-bond acceptors (Lipinski definition) is 1. The molecule has 1 aliphatic heterocycles. The molecule has 0 spiro atoms. The summed E-state index contributed by atoms with van der Waals surface area (Å²) in [5.74, 6) is 3.22. The van der Waals surface area contributed by atoms with Crippen LogP contribution in [0.5, 0.6) is 0 Å². The zero-order valence-electron chi connectivity index (χ0n) is 15.1. The maximum Gasteiger partial charge on any atom is 0.254 e. The fourth-order valence-corrected chi connectivity index (χ4v) is 6.49. The Kier molecular flexibility index (Phi) is 2.90. The van der Waals surface area contributed by atoms with Crippen molar-refractivity contribution in [1.82, 2.24) is 4.90 Å². The molecule has 3 aliphatic carbocycles. The second-order valence-electron chi connectivity index (χ2n) is 8.57. The fraction of sp³-hybridized carbons (Fsp3) is 0.375. The molecule has 6 rings (SSSR count). The van der Waals surface area contributed by atoms with Crippen LogP contribution in [-0.4, -0.2) is 24.4 Å². The van der Waals surface area contributed by atoms with Crippen LogP contribution >= 0.6 is 0 Å². The highest BCUT2D eigenvalue weighted by molar-refractivity contribution is 6.08. The second-order valence-corrected chi connectivity index (χ2v) is 8.57. The summed E-state index contributed by atoms with van der Waals surface area (Å²) in [6.45, 7) is 0.736. The zero-order chi connectivity index (χ0) is 17.4. The van der Waals surface area contributed by atoms with Gasteiger partial charge in [0.15, 0.2) is 0 Å². The van der Waals surface area contributed by atoms with Crippen molar-refractivity contribution in [3.05, 3.63) is 70.8 Å². The van der Waals surface area contributed by atoms with Gasteiger partial charge in [0.2, 0.25) is 0 Å². The van der Waals surface area contributed by atoms with Crippen molar-refractivity contribution >= 4 is 17.1 Å². The minimum Gasteiger partial charge on any atom is -0.337 e. The Morgan fingerprint density at radius 1 is 0.846 bits per heavy atom. The number of fused-ring (bicyclic) bond motifs is 8. The van der Waals surface area contributed by atoms with E-state index in [1.807, 2.05) is 24.1 Å². The summed E-state index contributed by atoms with van der Waals surface area (Å²) < 4.78 is 0. The number of carbonyl (C=O) groups is 1. The molecule has 4 aliphatic rings. The Morgan fingerprint density at radius 2 is 1.50 bits per heavy atom. The summed E-state index contributed by atoms with van der Waals surface area (Å²) in [6.07, 6.45) is 4.18. The van der Waals surface area contributed by atoms with Crippen LogP contribution in [0.1, 0.15) is 52.2 Å². The number of rotatable bonds is 0. The van der Waals surface area contributed by atoms with E-state index in [1.54, 1.807) is 11.1 Å². The first kappa shape index (κ1) is 14.8. The maximum absolute atomic E-state index is 12.7. The molecule has 0 aromatic heterocycles. The lowest BCUT2D eigenvalue weighted by atomic mass is 9.76. The monoisotopic (exact) mass is 341 g/mol. The molecule has 2 fully saturated rings. The Morgan fingerprint density at radius 3 is 2.31 bits per heavy atom. The van der Waals surface area contributed by atoms with Gasteiger partial charge in [-0.3, -0.25) is 4.79 Å². The molecule has 2 saturated carbocycles. The molecule has 26 heavy (non-hydrogen) atoms. The predicted octanol–water partition coefficient (Wildman–Crippen LogP) is 4.83. The third-order valence-corrected chi connectivity index (χ3v) is 7.41. The molecule has 0 saturated heterocycles. The lowest BCUT2D eigenvalue weighted by Gasteiger charge is -2.32. The number of nitrogens with zero attached hydrogens (tertiary/aromatic N) is 1. The average molecular weight is 341 g/mol. The van der Waals surface area contributed by atoms with Crippen LogP contribution in [0.15, 0.2) is 48.5 Å². The summed E-state index contributed by atoms with van der Waals surface area (Å²) in [5, 5.41) is 0. The van der Waals surface area contributed by atoms with E-state index in [-0.39, 0.29) is 5.91 Å². The quantitative estimate of drug-likeness (QED) is 0.672. The minimum atomic E-state index is 0.153. The van der Waals surface area contributed by atoms with Crippen LogP contribution < -0.4 is 0 Å². The normalized spacial score (nSPS) is 34.0. The minimum absolute atomic E-state index is 0.153. The van der Waals surface area contributed by atoms with Gasteiger partial charge in [-0.1, -0.05) is 42.5 Å². The predicted molar refractivity (Wildman–Crippen MR) is 104 cm³/mol. The summed E-state index contributed by atoms with van der Waals surface area (Å²) in [4.78, 5) is 14.6. The van der Waals surface area contributed by atoms with E-state index in [1.165, 1.54) is 36.0 Å². The van der Waals surface area contributed by atoms with E-state index in [0.29, 0.717) is 11.8 Å². The molecule has 2 aromatic rings. The van der Waals surface area contributed by atoms with Gasteiger partial charge in [-0.25, -0.2) is 0 Å². The van der Waals surface area contributed by atoms with Gasteiger partial charge in [0.1, 0.15) is 0 Å². The van der Waals surface area contributed by atoms with E-state index >= 15 is 0 Å². The smallest absolute Gasteiger partial charge is 0.254 e. The van der Waals surface area contributed by atoms with E-state index in [4.69, 9.17) is 0 Å². The van der Waals surface area contributed by atoms with Crippen molar-refractivity contribution in [3.8, 4) is 0 Å². The van der Waals surface area contributed by atoms with Gasteiger partial charge in [-0.15, -0.1) is 0 Å². The molecular weight excluding hydrogens is 318 g/mol. The van der Waals surface area contributed by atoms with Crippen molar-refractivity contribution in [2.45, 2.75) is 25.2 Å². The first-order valence-corrected chi connectivity index (χ1v) is 9.91. The summed E-state index contributed by atoms with van der Waals surface area (Å²) in [5.41, 5.74) is 8.03. The van der Waals surface area contributed by atoms with Crippen LogP contribution in [0.3, 0.4) is 0 Å². The molecule has 2 bridgehead atoms. The SMILES string of the molecule is CN1C/C(=C2\c3ccccc3[C@@H]3[C@H]4CC[C@H](C4)[C@H]23)c2ccccc2C1=O. The molecule has 1 amide bonds. The molecular formula is C24H23NO. The summed E-state index contributed by atoms with van der Waals surface area (Å²) >= 11 is 0. The molecule has 2 heteroatoms. The van der Waals surface area contributed by atoms with E-state index < -0.39 is 0 Å². The van der Waals surface area contributed by atoms with Gasteiger partial charge >= 0.3 is 0 Å². The molecule has 0 N–H and O–H groups in total. The Balaban J connectivity index is 1.65. The van der Waals surface area contributed by atoms with Crippen LogP contribution in [0.4, 0.5) is 0 Å². The number of allylic oxidation sites excluding steroid dienone is 1. The molecule has 4 atom stereocenters. The highest BCUT2D eigenvalue weighted by atomic mass is 16.2. The van der Waals surface area contributed by atoms with Crippen molar-refractivity contribution < 1.29 is 4.79 Å². The largest absolute Gasteiger partial charge is 0.337 e. The van der Waals surface area contributed by atoms with Gasteiger partial charge in [-0.05, 0) is 76.8 Å². The number of carbonyl (C=O) groups excluding carboxylic acids is 1. The van der Waals surface area contributed by atoms with E-state index in [2.05, 4.69) is 36.4 Å². The fourth-order valence-electron chi connectivity index (χ4n) is 6.49. The average Bonchev–Trinajstić information content (AvgIpc) is 3.36. The third-order valence-electron chi connectivity index (χ3n) is 7.41. The van der Waals surface area contributed by atoms with Crippen molar-refractivity contribution in [2.24, 2.45) is 17.8 Å². The van der Waals surface area contributed by atoms with Gasteiger partial charge in [0.25, 0.3) is 5.91 Å². The number of hydrogen-bond donors (Lipinski definition) is 0. The lowest BCUT2D eigenvalue weighted by Crippen LogP contribution is -2.34. The molecule has 2 nitrogen and oxygen atoms in total. The topological polar surface area (TPSA) is 20.3 Å². The zero-order valence-corrected chi connectivity index (χ0v) is 15.1. The summed E-state index contributed by atoms with van der Waals surface area (Å²) in [7, 11) is 1.94.